The van der Waals surface area contributed by atoms with Gasteiger partial charge in [0.15, 0.2) is 0 Å². The zero-order valence-corrected chi connectivity index (χ0v) is 12.5. The summed E-state index contributed by atoms with van der Waals surface area (Å²) < 4.78 is 0. The summed E-state index contributed by atoms with van der Waals surface area (Å²) in [6.45, 7) is 3.53. The second kappa shape index (κ2) is 9.37. The maximum absolute atomic E-state index is 12.1. The summed E-state index contributed by atoms with van der Waals surface area (Å²) in [6.07, 6.45) is 6.44. The Labute approximate surface area is 121 Å². The number of unbranched alkanes of at least 4 members (excludes halogenated alkanes) is 4. The number of carbonyl (C=O) groups is 1. The van der Waals surface area contributed by atoms with E-state index in [9.17, 15) is 4.79 Å². The van der Waals surface area contributed by atoms with Gasteiger partial charge in [0, 0.05) is 17.8 Å². The van der Waals surface area contributed by atoms with E-state index in [1.165, 1.54) is 12.8 Å². The number of benzene rings is 1. The van der Waals surface area contributed by atoms with E-state index in [1.54, 1.807) is 6.07 Å². The van der Waals surface area contributed by atoms with Crippen LogP contribution in [0.5, 0.6) is 0 Å². The molecule has 0 saturated carbocycles. The highest BCUT2D eigenvalue weighted by Crippen LogP contribution is 2.14. The molecule has 1 aromatic rings. The molecule has 0 bridgehead atoms. The van der Waals surface area contributed by atoms with Crippen LogP contribution in [0.1, 0.15) is 54.9 Å². The van der Waals surface area contributed by atoms with Gasteiger partial charge in [0.2, 0.25) is 0 Å². The molecule has 1 rings (SSSR count). The van der Waals surface area contributed by atoms with Crippen LogP contribution in [-0.4, -0.2) is 19.0 Å². The molecule has 0 aliphatic carbocycles. The summed E-state index contributed by atoms with van der Waals surface area (Å²) in [5.41, 5.74) is 13.6. The predicted molar refractivity (Wildman–Crippen MR) is 84.7 cm³/mol. The van der Waals surface area contributed by atoms with Crippen molar-refractivity contribution in [3.63, 3.8) is 0 Å². The second-order valence-corrected chi connectivity index (χ2v) is 5.08. The van der Waals surface area contributed by atoms with Crippen molar-refractivity contribution in [2.45, 2.75) is 45.4 Å². The fraction of sp³-hybridized carbons (Fsp3) is 0.562. The molecule has 20 heavy (non-hydrogen) atoms. The summed E-state index contributed by atoms with van der Waals surface area (Å²) in [5, 5.41) is 2.98. The van der Waals surface area contributed by atoms with Gasteiger partial charge in [0.05, 0.1) is 0 Å². The third kappa shape index (κ3) is 5.61. The monoisotopic (exact) mass is 277 g/mol. The van der Waals surface area contributed by atoms with Crippen LogP contribution in [0.3, 0.4) is 0 Å². The summed E-state index contributed by atoms with van der Waals surface area (Å²) in [7, 11) is 0. The van der Waals surface area contributed by atoms with Crippen LogP contribution in [-0.2, 0) is 6.42 Å². The van der Waals surface area contributed by atoms with Gasteiger partial charge >= 0.3 is 0 Å². The number of hydrogen-bond donors (Lipinski definition) is 3. The predicted octanol–water partition coefficient (Wildman–Crippen LogP) is 2.47. The number of anilines is 1. The number of carbonyl (C=O) groups excluding carboxylic acids is 1. The van der Waals surface area contributed by atoms with Crippen molar-refractivity contribution in [3.8, 4) is 0 Å². The van der Waals surface area contributed by atoms with Crippen LogP contribution in [0.4, 0.5) is 5.69 Å². The van der Waals surface area contributed by atoms with Crippen molar-refractivity contribution >= 4 is 11.6 Å². The Hall–Kier alpha value is -1.55. The third-order valence-corrected chi connectivity index (χ3v) is 3.42. The SMILES string of the molecule is CCc1cc(N)ccc1C(=O)NCCCCCCCN. The van der Waals surface area contributed by atoms with E-state index in [4.69, 9.17) is 11.5 Å². The molecule has 112 valence electrons. The zero-order chi connectivity index (χ0) is 14.8. The van der Waals surface area contributed by atoms with E-state index in [0.29, 0.717) is 5.69 Å². The Morgan fingerprint density at radius 1 is 1.15 bits per heavy atom. The van der Waals surface area contributed by atoms with E-state index in [0.717, 1.165) is 49.9 Å². The molecular weight excluding hydrogens is 250 g/mol. The molecular formula is C16H27N3O. The van der Waals surface area contributed by atoms with Gasteiger partial charge < -0.3 is 16.8 Å². The molecule has 0 aromatic heterocycles. The van der Waals surface area contributed by atoms with Gasteiger partial charge in [-0.3, -0.25) is 4.79 Å². The average molecular weight is 277 g/mol. The van der Waals surface area contributed by atoms with Gasteiger partial charge in [0.1, 0.15) is 0 Å². The maximum atomic E-state index is 12.1. The highest BCUT2D eigenvalue weighted by molar-refractivity contribution is 5.96. The number of amides is 1. The summed E-state index contributed by atoms with van der Waals surface area (Å²) in [4.78, 5) is 12.1. The first-order chi connectivity index (χ1) is 9.69. The molecule has 0 atom stereocenters. The van der Waals surface area contributed by atoms with Crippen molar-refractivity contribution in [2.75, 3.05) is 18.8 Å². The standard InChI is InChI=1S/C16H27N3O/c1-2-13-12-14(18)8-9-15(13)16(20)19-11-7-5-3-4-6-10-17/h8-9,12H,2-7,10-11,17-18H2,1H3,(H,19,20). The number of hydrogen-bond acceptors (Lipinski definition) is 3. The molecule has 0 fully saturated rings. The Morgan fingerprint density at radius 3 is 2.55 bits per heavy atom. The molecule has 0 saturated heterocycles. The Balaban J connectivity index is 2.32. The maximum Gasteiger partial charge on any atom is 0.251 e. The lowest BCUT2D eigenvalue weighted by molar-refractivity contribution is 0.0952. The third-order valence-electron chi connectivity index (χ3n) is 3.42. The molecule has 4 nitrogen and oxygen atoms in total. The van der Waals surface area contributed by atoms with Gasteiger partial charge in [-0.2, -0.15) is 0 Å². The lowest BCUT2D eigenvalue weighted by Gasteiger charge is -2.09. The molecule has 0 aliphatic rings. The molecule has 0 spiro atoms. The molecule has 0 aliphatic heterocycles. The molecule has 0 heterocycles. The van der Waals surface area contributed by atoms with Gasteiger partial charge in [-0.15, -0.1) is 0 Å². The van der Waals surface area contributed by atoms with Crippen molar-refractivity contribution in [1.82, 2.24) is 5.32 Å². The number of aryl methyl sites for hydroxylation is 1. The molecule has 1 aromatic carbocycles. The fourth-order valence-corrected chi connectivity index (χ4v) is 2.22. The normalized spacial score (nSPS) is 10.5. The number of nitrogens with two attached hydrogens (primary N) is 2. The first-order valence-electron chi connectivity index (χ1n) is 7.55. The van der Waals surface area contributed by atoms with E-state index in [-0.39, 0.29) is 5.91 Å². The number of nitrogen functional groups attached to an aromatic ring is 1. The average Bonchev–Trinajstić information content (AvgIpc) is 2.45. The topological polar surface area (TPSA) is 81.1 Å². The molecule has 0 radical (unpaired) electrons. The first kappa shape index (κ1) is 16.5. The van der Waals surface area contributed by atoms with Crippen LogP contribution in [0.2, 0.25) is 0 Å². The highest BCUT2D eigenvalue weighted by atomic mass is 16.1. The van der Waals surface area contributed by atoms with Crippen molar-refractivity contribution in [1.29, 1.82) is 0 Å². The van der Waals surface area contributed by atoms with Crippen molar-refractivity contribution in [2.24, 2.45) is 5.73 Å². The Bertz CT molecular complexity index is 418. The lowest BCUT2D eigenvalue weighted by atomic mass is 10.0. The Kier molecular flexibility index (Phi) is 7.73. The van der Waals surface area contributed by atoms with Crippen LogP contribution in [0.25, 0.3) is 0 Å². The van der Waals surface area contributed by atoms with E-state index < -0.39 is 0 Å². The smallest absolute Gasteiger partial charge is 0.251 e. The minimum Gasteiger partial charge on any atom is -0.399 e. The van der Waals surface area contributed by atoms with Crippen molar-refractivity contribution < 1.29 is 4.79 Å². The van der Waals surface area contributed by atoms with Crippen LogP contribution < -0.4 is 16.8 Å². The second-order valence-electron chi connectivity index (χ2n) is 5.08. The highest BCUT2D eigenvalue weighted by Gasteiger charge is 2.09. The van der Waals surface area contributed by atoms with Gasteiger partial charge in [-0.1, -0.05) is 26.2 Å². The van der Waals surface area contributed by atoms with Crippen LogP contribution >= 0.6 is 0 Å². The lowest BCUT2D eigenvalue weighted by Crippen LogP contribution is -2.25. The van der Waals surface area contributed by atoms with Gasteiger partial charge in [-0.25, -0.2) is 0 Å². The summed E-state index contributed by atoms with van der Waals surface area (Å²) in [6, 6.07) is 5.47. The fourth-order valence-electron chi connectivity index (χ4n) is 2.22. The van der Waals surface area contributed by atoms with Gasteiger partial charge in [0.25, 0.3) is 5.91 Å². The van der Waals surface area contributed by atoms with E-state index >= 15 is 0 Å². The van der Waals surface area contributed by atoms with Crippen LogP contribution in [0.15, 0.2) is 18.2 Å². The number of rotatable bonds is 9. The quantitative estimate of drug-likeness (QED) is 0.479. The molecule has 1 amide bonds. The largest absolute Gasteiger partial charge is 0.399 e. The van der Waals surface area contributed by atoms with E-state index in [1.807, 2.05) is 19.1 Å². The van der Waals surface area contributed by atoms with E-state index in [2.05, 4.69) is 5.32 Å². The van der Waals surface area contributed by atoms with Crippen LogP contribution in [0, 0.1) is 0 Å². The molecule has 4 heteroatoms. The zero-order valence-electron chi connectivity index (χ0n) is 12.5. The van der Waals surface area contributed by atoms with Gasteiger partial charge in [-0.05, 0) is 49.6 Å². The van der Waals surface area contributed by atoms with Crippen molar-refractivity contribution in [3.05, 3.63) is 29.3 Å². The minimum atomic E-state index is 0.00353. The minimum absolute atomic E-state index is 0.00353. The molecule has 5 N–H and O–H groups in total. The first-order valence-corrected chi connectivity index (χ1v) is 7.55. The summed E-state index contributed by atoms with van der Waals surface area (Å²) >= 11 is 0. The molecule has 0 unspecified atom stereocenters. The number of nitrogens with one attached hydrogen (secondary N) is 1. The Morgan fingerprint density at radius 2 is 1.85 bits per heavy atom. The summed E-state index contributed by atoms with van der Waals surface area (Å²) in [5.74, 6) is 0.00353.